The number of carbonyl (C=O) groups excluding carboxylic acids is 2. The van der Waals surface area contributed by atoms with E-state index in [4.69, 9.17) is 4.74 Å². The van der Waals surface area contributed by atoms with Crippen molar-refractivity contribution in [2.24, 2.45) is 5.92 Å². The normalized spacial score (nSPS) is 19.7. The van der Waals surface area contributed by atoms with Crippen molar-refractivity contribution in [3.8, 4) is 0 Å². The molecule has 21 heavy (non-hydrogen) atoms. The molecule has 6 heteroatoms. The number of anilines is 1. The first-order chi connectivity index (χ1) is 10.0. The molecule has 0 aromatic heterocycles. The van der Waals surface area contributed by atoms with Gasteiger partial charge in [0, 0.05) is 26.1 Å². The van der Waals surface area contributed by atoms with Crippen LogP contribution in [0.25, 0.3) is 0 Å². The van der Waals surface area contributed by atoms with Crippen molar-refractivity contribution in [3.63, 3.8) is 0 Å². The number of methoxy groups -OCH3 is 1. The molecule has 2 atom stereocenters. The zero-order valence-electron chi connectivity index (χ0n) is 12.1. The summed E-state index contributed by atoms with van der Waals surface area (Å²) in [6, 6.07) is 5.95. The quantitative estimate of drug-likeness (QED) is 0.891. The Kier molecular flexibility index (Phi) is 4.90. The van der Waals surface area contributed by atoms with Crippen molar-refractivity contribution in [2.75, 3.05) is 25.2 Å². The van der Waals surface area contributed by atoms with E-state index >= 15 is 0 Å². The van der Waals surface area contributed by atoms with Gasteiger partial charge in [0.2, 0.25) is 11.8 Å². The van der Waals surface area contributed by atoms with Crippen molar-refractivity contribution in [2.45, 2.75) is 19.4 Å². The summed E-state index contributed by atoms with van der Waals surface area (Å²) in [5.74, 6) is -1.36. The van der Waals surface area contributed by atoms with Crippen molar-refractivity contribution in [1.82, 2.24) is 5.32 Å². The summed E-state index contributed by atoms with van der Waals surface area (Å²) in [7, 11) is 1.56. The lowest BCUT2D eigenvalue weighted by Gasteiger charge is -2.18. The number of amides is 2. The minimum atomic E-state index is -0.462. The molecular weight excluding hydrogens is 275 g/mol. The Balaban J connectivity index is 2.03. The minimum Gasteiger partial charge on any atom is -0.383 e. The van der Waals surface area contributed by atoms with E-state index in [9.17, 15) is 14.0 Å². The number of nitrogens with one attached hydrogen (secondary N) is 1. The van der Waals surface area contributed by atoms with Crippen LogP contribution in [0.15, 0.2) is 24.3 Å². The highest BCUT2D eigenvalue weighted by atomic mass is 19.1. The third kappa shape index (κ3) is 3.58. The van der Waals surface area contributed by atoms with Gasteiger partial charge in [-0.2, -0.15) is 0 Å². The molecule has 1 aromatic carbocycles. The Labute approximate surface area is 123 Å². The number of nitrogens with zero attached hydrogens (tertiary/aromatic N) is 1. The van der Waals surface area contributed by atoms with E-state index in [1.165, 1.54) is 11.0 Å². The topological polar surface area (TPSA) is 58.6 Å². The molecule has 1 aliphatic heterocycles. The second-order valence-electron chi connectivity index (χ2n) is 5.22. The van der Waals surface area contributed by atoms with Gasteiger partial charge in [-0.1, -0.05) is 12.1 Å². The molecule has 0 spiro atoms. The highest BCUT2D eigenvalue weighted by Crippen LogP contribution is 2.27. The number of hydrogen-bond acceptors (Lipinski definition) is 3. The lowest BCUT2D eigenvalue weighted by molar-refractivity contribution is -0.127. The molecule has 1 saturated heterocycles. The van der Waals surface area contributed by atoms with Gasteiger partial charge in [-0.05, 0) is 19.1 Å². The van der Waals surface area contributed by atoms with Gasteiger partial charge in [-0.3, -0.25) is 9.59 Å². The molecule has 1 aliphatic rings. The number of benzene rings is 1. The molecule has 0 aliphatic carbocycles. The molecule has 1 fully saturated rings. The molecule has 0 radical (unpaired) electrons. The molecule has 0 unspecified atom stereocenters. The summed E-state index contributed by atoms with van der Waals surface area (Å²) in [4.78, 5) is 25.4. The van der Waals surface area contributed by atoms with E-state index < -0.39 is 11.7 Å². The monoisotopic (exact) mass is 294 g/mol. The average Bonchev–Trinajstić information content (AvgIpc) is 2.81. The van der Waals surface area contributed by atoms with Crippen LogP contribution in [-0.4, -0.2) is 38.1 Å². The first kappa shape index (κ1) is 15.4. The van der Waals surface area contributed by atoms with E-state index in [0.717, 1.165) is 0 Å². The summed E-state index contributed by atoms with van der Waals surface area (Å²) in [6.45, 7) is 2.43. The fourth-order valence-electron chi connectivity index (χ4n) is 2.44. The van der Waals surface area contributed by atoms with Crippen LogP contribution in [0.3, 0.4) is 0 Å². The Morgan fingerprint density at radius 2 is 2.24 bits per heavy atom. The fourth-order valence-corrected chi connectivity index (χ4v) is 2.44. The number of halogens is 1. The maximum atomic E-state index is 13.7. The third-order valence-corrected chi connectivity index (χ3v) is 3.44. The average molecular weight is 294 g/mol. The van der Waals surface area contributed by atoms with Gasteiger partial charge in [0.25, 0.3) is 0 Å². The molecule has 114 valence electrons. The highest BCUT2D eigenvalue weighted by Gasteiger charge is 2.36. The smallest absolute Gasteiger partial charge is 0.227 e. The van der Waals surface area contributed by atoms with Crippen molar-refractivity contribution < 1.29 is 18.7 Å². The minimum absolute atomic E-state index is 0.0971. The summed E-state index contributed by atoms with van der Waals surface area (Å²) in [6.07, 6.45) is 0.0971. The Hall–Kier alpha value is -1.95. The number of hydrogen-bond donors (Lipinski definition) is 1. The first-order valence-corrected chi connectivity index (χ1v) is 6.87. The number of carbonyl (C=O) groups is 2. The van der Waals surface area contributed by atoms with Crippen LogP contribution in [0.4, 0.5) is 10.1 Å². The zero-order chi connectivity index (χ0) is 15.4. The van der Waals surface area contributed by atoms with Crippen molar-refractivity contribution in [3.05, 3.63) is 30.1 Å². The van der Waals surface area contributed by atoms with Gasteiger partial charge < -0.3 is 15.0 Å². The first-order valence-electron chi connectivity index (χ1n) is 6.87. The molecule has 0 saturated carbocycles. The van der Waals surface area contributed by atoms with Gasteiger partial charge in [0.1, 0.15) is 5.82 Å². The second kappa shape index (κ2) is 6.67. The molecule has 1 aromatic rings. The van der Waals surface area contributed by atoms with E-state index in [0.29, 0.717) is 6.61 Å². The van der Waals surface area contributed by atoms with Crippen LogP contribution in [0.1, 0.15) is 13.3 Å². The zero-order valence-corrected chi connectivity index (χ0v) is 12.1. The van der Waals surface area contributed by atoms with Crippen LogP contribution in [0.5, 0.6) is 0 Å². The predicted molar refractivity (Wildman–Crippen MR) is 76.3 cm³/mol. The summed E-state index contributed by atoms with van der Waals surface area (Å²) >= 11 is 0. The van der Waals surface area contributed by atoms with Crippen LogP contribution in [0.2, 0.25) is 0 Å². The fraction of sp³-hybridized carbons (Fsp3) is 0.467. The summed E-state index contributed by atoms with van der Waals surface area (Å²) in [5, 5.41) is 2.79. The van der Waals surface area contributed by atoms with Crippen LogP contribution < -0.4 is 10.2 Å². The van der Waals surface area contributed by atoms with E-state index in [1.54, 1.807) is 25.3 Å². The molecule has 2 rings (SSSR count). The number of rotatable bonds is 5. The summed E-state index contributed by atoms with van der Waals surface area (Å²) in [5.41, 5.74) is 0.225. The van der Waals surface area contributed by atoms with E-state index in [1.807, 2.05) is 6.92 Å². The third-order valence-electron chi connectivity index (χ3n) is 3.44. The second-order valence-corrected chi connectivity index (χ2v) is 5.22. The van der Waals surface area contributed by atoms with E-state index in [2.05, 4.69) is 5.32 Å². The molecule has 1 N–H and O–H groups in total. The van der Waals surface area contributed by atoms with Crippen LogP contribution in [-0.2, 0) is 14.3 Å². The van der Waals surface area contributed by atoms with Gasteiger partial charge in [0.05, 0.1) is 18.2 Å². The predicted octanol–water partition coefficient (Wildman–Crippen LogP) is 1.33. The van der Waals surface area contributed by atoms with Gasteiger partial charge >= 0.3 is 0 Å². The van der Waals surface area contributed by atoms with Crippen LogP contribution in [0, 0.1) is 11.7 Å². The molecule has 1 heterocycles. The molecule has 0 bridgehead atoms. The van der Waals surface area contributed by atoms with Gasteiger partial charge in [-0.25, -0.2) is 4.39 Å². The molecule has 2 amide bonds. The maximum absolute atomic E-state index is 13.7. The largest absolute Gasteiger partial charge is 0.383 e. The standard InChI is InChI=1S/C15H19FN2O3/c1-10(9-21-2)17-15(20)11-7-14(19)18(8-11)13-6-4-3-5-12(13)16/h3-6,10-11H,7-9H2,1-2H3,(H,17,20)/t10-,11-/m1/s1. The molecular formula is C15H19FN2O3. The van der Waals surface area contributed by atoms with Crippen molar-refractivity contribution in [1.29, 1.82) is 0 Å². The lowest BCUT2D eigenvalue weighted by Crippen LogP contribution is -2.40. The summed E-state index contributed by atoms with van der Waals surface area (Å²) < 4.78 is 18.7. The van der Waals surface area contributed by atoms with Gasteiger partial charge in [0.15, 0.2) is 0 Å². The Bertz CT molecular complexity index is 535. The number of para-hydroxylation sites is 1. The highest BCUT2D eigenvalue weighted by molar-refractivity contribution is 6.00. The maximum Gasteiger partial charge on any atom is 0.227 e. The van der Waals surface area contributed by atoms with Crippen LogP contribution >= 0.6 is 0 Å². The lowest BCUT2D eigenvalue weighted by atomic mass is 10.1. The molecule has 5 nitrogen and oxygen atoms in total. The van der Waals surface area contributed by atoms with Crippen molar-refractivity contribution >= 4 is 17.5 Å². The SMILES string of the molecule is COC[C@@H](C)NC(=O)[C@@H]1CC(=O)N(c2ccccc2F)C1. The Morgan fingerprint density at radius 1 is 1.52 bits per heavy atom. The van der Waals surface area contributed by atoms with E-state index in [-0.39, 0.29) is 36.5 Å². The number of ether oxygens (including phenoxy) is 1. The Morgan fingerprint density at radius 3 is 2.90 bits per heavy atom. The van der Waals surface area contributed by atoms with Gasteiger partial charge in [-0.15, -0.1) is 0 Å².